The van der Waals surface area contributed by atoms with Crippen molar-refractivity contribution in [3.05, 3.63) is 24.3 Å². The van der Waals surface area contributed by atoms with Gasteiger partial charge in [0.1, 0.15) is 0 Å². The summed E-state index contributed by atoms with van der Waals surface area (Å²) in [5, 5.41) is 28.7. The number of aromatic amines is 1. The number of aliphatic hydroxyl groups excluding tert-OH is 1. The summed E-state index contributed by atoms with van der Waals surface area (Å²) in [4.78, 5) is 26.3. The van der Waals surface area contributed by atoms with Gasteiger partial charge in [-0.25, -0.2) is 4.98 Å². The van der Waals surface area contributed by atoms with Crippen molar-refractivity contribution in [2.75, 3.05) is 0 Å². The maximum absolute atomic E-state index is 10.1. The number of hydrogen-bond donors (Lipinski definition) is 2. The largest absolute Gasteiger partial charge is 2.00 e. The molecule has 0 aromatic carbocycles. The Hall–Kier alpha value is -1.53. The molecule has 0 radical (unpaired) electrons. The number of carboxylic acid groups (broad SMARTS) is 2. The molecule has 0 amide bonds. The average molecular weight is 376 g/mol. The maximum Gasteiger partial charge on any atom is 2.00 e. The minimum absolute atomic E-state index is 0. The van der Waals surface area contributed by atoms with E-state index in [9.17, 15) is 19.8 Å². The van der Waals surface area contributed by atoms with E-state index in [1.54, 1.807) is 6.20 Å². The van der Waals surface area contributed by atoms with Crippen LogP contribution in [0.15, 0.2) is 18.6 Å². The van der Waals surface area contributed by atoms with Gasteiger partial charge in [0, 0.05) is 6.20 Å². The second-order valence-corrected chi connectivity index (χ2v) is 4.68. The molecule has 1 aromatic heterocycles. The summed E-state index contributed by atoms with van der Waals surface area (Å²) in [6.07, 6.45) is 9.63. The smallest absolute Gasteiger partial charge is 0.547 e. The molecule has 1 aromatic rings. The number of carbonyl (C=O) groups is 2. The number of rotatable bonds is 9. The van der Waals surface area contributed by atoms with E-state index >= 15 is 0 Å². The summed E-state index contributed by atoms with van der Waals surface area (Å²) in [6.45, 7) is 2.12. The monoisotopic (exact) mass is 374 g/mol. The molecule has 0 aliphatic heterocycles. The normalized spacial score (nSPS) is 11.2. The predicted octanol–water partition coefficient (Wildman–Crippen LogP) is -0.372. The Balaban J connectivity index is 0. The first kappa shape index (κ1) is 23.7. The molecule has 0 bridgehead atoms. The van der Waals surface area contributed by atoms with Crippen molar-refractivity contribution < 1.29 is 44.4 Å². The van der Waals surface area contributed by atoms with Crippen LogP contribution >= 0.6 is 0 Å². The molecule has 0 spiro atoms. The number of nitrogens with zero attached hydrogens (tertiary/aromatic N) is 1. The van der Waals surface area contributed by atoms with E-state index in [1.165, 1.54) is 25.2 Å². The van der Waals surface area contributed by atoms with Crippen LogP contribution in [0.2, 0.25) is 0 Å². The van der Waals surface area contributed by atoms with Gasteiger partial charge in [0.2, 0.25) is 0 Å². The van der Waals surface area contributed by atoms with Crippen LogP contribution in [0, 0.1) is 0 Å². The molecule has 0 aliphatic carbocycles. The minimum atomic E-state index is -1.36. The SMILES string of the molecule is CCCCCCCC(O)C(=O)[O-].O=C([O-])C=Cc1c[nH]cn1.[Zn+2]. The Morgan fingerprint density at radius 3 is 2.43 bits per heavy atom. The van der Waals surface area contributed by atoms with E-state index < -0.39 is 18.0 Å². The van der Waals surface area contributed by atoms with E-state index in [2.05, 4.69) is 16.9 Å². The molecule has 8 heteroatoms. The Morgan fingerprint density at radius 2 is 1.96 bits per heavy atom. The van der Waals surface area contributed by atoms with E-state index in [-0.39, 0.29) is 19.5 Å². The van der Waals surface area contributed by atoms with Crippen molar-refractivity contribution in [1.82, 2.24) is 9.97 Å². The van der Waals surface area contributed by atoms with Gasteiger partial charge in [-0.15, -0.1) is 0 Å². The molecule has 23 heavy (non-hydrogen) atoms. The first-order valence-corrected chi connectivity index (χ1v) is 7.24. The first-order valence-electron chi connectivity index (χ1n) is 7.24. The molecule has 0 fully saturated rings. The second kappa shape index (κ2) is 15.4. The van der Waals surface area contributed by atoms with E-state index in [0.717, 1.165) is 25.3 Å². The topological polar surface area (TPSA) is 129 Å². The van der Waals surface area contributed by atoms with Gasteiger partial charge in [0.15, 0.2) is 0 Å². The van der Waals surface area contributed by atoms with Crippen LogP contribution in [0.3, 0.4) is 0 Å². The molecule has 0 aliphatic rings. The third kappa shape index (κ3) is 15.2. The molecule has 1 atom stereocenters. The third-order valence-corrected chi connectivity index (χ3v) is 2.76. The van der Waals surface area contributed by atoms with Crippen LogP contribution in [-0.2, 0) is 29.1 Å². The minimum Gasteiger partial charge on any atom is -0.547 e. The number of imidazole rings is 1. The summed E-state index contributed by atoms with van der Waals surface area (Å²) < 4.78 is 0. The third-order valence-electron chi connectivity index (χ3n) is 2.76. The standard InChI is InChI=1S/C9H18O3.C6H6N2O2.Zn/c1-2-3-4-5-6-7-8(10)9(11)12;9-6(10)2-1-5-3-7-4-8-5;/h8,10H,2-7H2,1H3,(H,11,12);1-4H,(H,7,8)(H,9,10);/q;;+2/p-2. The molecule has 1 unspecified atom stereocenters. The fourth-order valence-electron chi connectivity index (χ4n) is 1.58. The maximum atomic E-state index is 10.1. The average Bonchev–Trinajstić information content (AvgIpc) is 2.98. The summed E-state index contributed by atoms with van der Waals surface area (Å²) in [7, 11) is 0. The molecule has 1 heterocycles. The van der Waals surface area contributed by atoms with Crippen molar-refractivity contribution in [1.29, 1.82) is 0 Å². The van der Waals surface area contributed by atoms with Crippen LogP contribution in [0.1, 0.15) is 51.1 Å². The van der Waals surface area contributed by atoms with Crippen molar-refractivity contribution >= 4 is 18.0 Å². The zero-order valence-corrected chi connectivity index (χ0v) is 16.3. The van der Waals surface area contributed by atoms with Gasteiger partial charge in [0.05, 0.1) is 30.1 Å². The summed E-state index contributed by atoms with van der Waals surface area (Å²) in [5.74, 6) is -2.58. The van der Waals surface area contributed by atoms with E-state index in [1.807, 2.05) is 0 Å². The van der Waals surface area contributed by atoms with Gasteiger partial charge < -0.3 is 29.9 Å². The Kier molecular flexibility index (Phi) is 15.9. The van der Waals surface area contributed by atoms with E-state index in [0.29, 0.717) is 12.1 Å². The summed E-state index contributed by atoms with van der Waals surface area (Å²) >= 11 is 0. The quantitative estimate of drug-likeness (QED) is 0.344. The van der Waals surface area contributed by atoms with Crippen LogP contribution in [-0.4, -0.2) is 33.1 Å². The van der Waals surface area contributed by atoms with Crippen LogP contribution < -0.4 is 10.2 Å². The van der Waals surface area contributed by atoms with Gasteiger partial charge >= 0.3 is 19.5 Å². The van der Waals surface area contributed by atoms with Gasteiger partial charge in [0.25, 0.3) is 0 Å². The fourth-order valence-corrected chi connectivity index (χ4v) is 1.58. The number of carbonyl (C=O) groups excluding carboxylic acids is 2. The fraction of sp³-hybridized carbons (Fsp3) is 0.533. The molecular formula is C15H22N2O5Zn. The van der Waals surface area contributed by atoms with Crippen molar-refractivity contribution in [2.45, 2.75) is 51.6 Å². The molecule has 7 nitrogen and oxygen atoms in total. The summed E-state index contributed by atoms with van der Waals surface area (Å²) in [5.41, 5.74) is 0.573. The molecule has 0 saturated carbocycles. The molecular weight excluding hydrogens is 354 g/mol. The zero-order valence-electron chi connectivity index (χ0n) is 13.4. The molecule has 124 valence electrons. The van der Waals surface area contributed by atoms with Gasteiger partial charge in [-0.05, 0) is 18.6 Å². The van der Waals surface area contributed by atoms with Crippen molar-refractivity contribution in [3.63, 3.8) is 0 Å². The van der Waals surface area contributed by atoms with Crippen LogP contribution in [0.5, 0.6) is 0 Å². The van der Waals surface area contributed by atoms with Crippen molar-refractivity contribution in [2.24, 2.45) is 0 Å². The number of aromatic nitrogens is 2. The Bertz CT molecular complexity index is 449. The zero-order chi connectivity index (χ0) is 16.8. The number of unbranched alkanes of at least 4 members (excludes halogenated alkanes) is 4. The first-order chi connectivity index (χ1) is 10.5. The summed E-state index contributed by atoms with van der Waals surface area (Å²) in [6, 6.07) is 0. The number of carboxylic acids is 2. The number of H-pyrrole nitrogens is 1. The molecule has 1 rings (SSSR count). The number of hydrogen-bond acceptors (Lipinski definition) is 6. The molecule has 0 saturated heterocycles. The number of nitrogens with one attached hydrogen (secondary N) is 1. The molecule has 2 N–H and O–H groups in total. The Labute approximate surface area is 148 Å². The number of aliphatic carboxylic acids is 2. The van der Waals surface area contributed by atoms with Crippen molar-refractivity contribution in [3.8, 4) is 0 Å². The van der Waals surface area contributed by atoms with Gasteiger partial charge in [-0.1, -0.05) is 39.0 Å². The predicted molar refractivity (Wildman–Crippen MR) is 77.0 cm³/mol. The van der Waals surface area contributed by atoms with Gasteiger partial charge in [-0.2, -0.15) is 0 Å². The van der Waals surface area contributed by atoms with Crippen LogP contribution in [0.4, 0.5) is 0 Å². The van der Waals surface area contributed by atoms with Gasteiger partial charge in [-0.3, -0.25) is 0 Å². The Morgan fingerprint density at radius 1 is 1.30 bits per heavy atom. The van der Waals surface area contributed by atoms with Crippen LogP contribution in [0.25, 0.3) is 6.08 Å². The number of aliphatic hydroxyl groups is 1. The second-order valence-electron chi connectivity index (χ2n) is 4.68. The van der Waals surface area contributed by atoms with E-state index in [4.69, 9.17) is 5.11 Å².